The Balaban J connectivity index is 2.14. The van der Waals surface area contributed by atoms with Crippen LogP contribution in [0.2, 0.25) is 0 Å². The lowest BCUT2D eigenvalue weighted by Crippen LogP contribution is -2.01. The molecule has 0 aromatic heterocycles. The fourth-order valence-corrected chi connectivity index (χ4v) is 2.61. The fourth-order valence-electron chi connectivity index (χ4n) is 2.00. The minimum absolute atomic E-state index is 0.162. The number of hydrogen-bond acceptors (Lipinski definition) is 3. The lowest BCUT2D eigenvalue weighted by atomic mass is 10.1. The van der Waals surface area contributed by atoms with Gasteiger partial charge in [0.2, 0.25) is 0 Å². The molecule has 0 heterocycles. The van der Waals surface area contributed by atoms with E-state index < -0.39 is 0 Å². The lowest BCUT2D eigenvalue weighted by Gasteiger charge is -2.09. The average Bonchev–Trinajstić information content (AvgIpc) is 2.36. The van der Waals surface area contributed by atoms with Gasteiger partial charge in [-0.3, -0.25) is 10.1 Å². The molecule has 104 valence electrons. The molecule has 1 N–H and O–H groups in total. The van der Waals surface area contributed by atoms with Gasteiger partial charge in [-0.1, -0.05) is 28.1 Å². The standard InChI is InChI=1S/C15H15BrN2O2/c1-10-5-13(16)8-14(6-10)17-9-12-4-3-11(2)15(7-12)18(19)20/h3-8,17H,9H2,1-2H3. The number of benzene rings is 2. The first-order valence-corrected chi connectivity index (χ1v) is 7.00. The minimum Gasteiger partial charge on any atom is -0.381 e. The van der Waals surface area contributed by atoms with Gasteiger partial charge in [0.05, 0.1) is 4.92 Å². The van der Waals surface area contributed by atoms with Gasteiger partial charge in [-0.15, -0.1) is 0 Å². The molecule has 2 rings (SSSR count). The van der Waals surface area contributed by atoms with Gasteiger partial charge in [0.1, 0.15) is 0 Å². The Kier molecular flexibility index (Phi) is 4.39. The smallest absolute Gasteiger partial charge is 0.272 e. The van der Waals surface area contributed by atoms with Crippen molar-refractivity contribution in [2.75, 3.05) is 5.32 Å². The van der Waals surface area contributed by atoms with E-state index in [-0.39, 0.29) is 10.6 Å². The van der Waals surface area contributed by atoms with Crippen LogP contribution in [0.1, 0.15) is 16.7 Å². The Morgan fingerprint density at radius 3 is 2.60 bits per heavy atom. The summed E-state index contributed by atoms with van der Waals surface area (Å²) in [5.41, 5.74) is 3.86. The highest BCUT2D eigenvalue weighted by Crippen LogP contribution is 2.22. The second-order valence-electron chi connectivity index (χ2n) is 4.75. The van der Waals surface area contributed by atoms with Gasteiger partial charge in [-0.25, -0.2) is 0 Å². The van der Waals surface area contributed by atoms with Crippen molar-refractivity contribution in [3.05, 3.63) is 67.7 Å². The van der Waals surface area contributed by atoms with Crippen LogP contribution < -0.4 is 5.32 Å². The molecule has 0 amide bonds. The molecule has 0 unspecified atom stereocenters. The normalized spacial score (nSPS) is 10.3. The van der Waals surface area contributed by atoms with Gasteiger partial charge in [-0.2, -0.15) is 0 Å². The third-order valence-corrected chi connectivity index (χ3v) is 3.47. The minimum atomic E-state index is -0.345. The summed E-state index contributed by atoms with van der Waals surface area (Å²) >= 11 is 3.45. The molecule has 0 saturated heterocycles. The van der Waals surface area contributed by atoms with E-state index in [1.807, 2.05) is 31.2 Å². The van der Waals surface area contributed by atoms with Crippen LogP contribution in [0.15, 0.2) is 40.9 Å². The highest BCUT2D eigenvalue weighted by Gasteiger charge is 2.10. The van der Waals surface area contributed by atoms with E-state index in [1.54, 1.807) is 19.1 Å². The zero-order valence-corrected chi connectivity index (χ0v) is 12.9. The van der Waals surface area contributed by atoms with E-state index in [0.29, 0.717) is 12.1 Å². The molecule has 0 spiro atoms. The van der Waals surface area contributed by atoms with E-state index in [1.165, 1.54) is 0 Å². The van der Waals surface area contributed by atoms with Crippen LogP contribution in [0.25, 0.3) is 0 Å². The number of nitrogens with one attached hydrogen (secondary N) is 1. The summed E-state index contributed by atoms with van der Waals surface area (Å²) in [7, 11) is 0. The molecule has 0 fully saturated rings. The average molecular weight is 335 g/mol. The summed E-state index contributed by atoms with van der Waals surface area (Å²) in [4.78, 5) is 10.6. The van der Waals surface area contributed by atoms with E-state index >= 15 is 0 Å². The number of anilines is 1. The van der Waals surface area contributed by atoms with Gasteiger partial charge >= 0.3 is 0 Å². The first-order chi connectivity index (χ1) is 9.45. The van der Waals surface area contributed by atoms with Crippen molar-refractivity contribution in [3.8, 4) is 0 Å². The van der Waals surface area contributed by atoms with Crippen LogP contribution in [0.4, 0.5) is 11.4 Å². The first kappa shape index (κ1) is 14.5. The zero-order valence-electron chi connectivity index (χ0n) is 11.3. The molecule has 0 aliphatic carbocycles. The molecule has 2 aromatic rings. The Bertz CT molecular complexity index is 636. The Hall–Kier alpha value is -1.88. The van der Waals surface area contributed by atoms with Crippen LogP contribution in [0.3, 0.4) is 0 Å². The first-order valence-electron chi connectivity index (χ1n) is 6.20. The topological polar surface area (TPSA) is 55.2 Å². The maximum atomic E-state index is 10.9. The van der Waals surface area contributed by atoms with Gasteiger partial charge in [0.15, 0.2) is 0 Å². The molecule has 0 aliphatic heterocycles. The predicted molar refractivity (Wildman–Crippen MR) is 84.0 cm³/mol. The lowest BCUT2D eigenvalue weighted by molar-refractivity contribution is -0.385. The summed E-state index contributed by atoms with van der Waals surface area (Å²) in [5.74, 6) is 0. The molecule has 2 aromatic carbocycles. The SMILES string of the molecule is Cc1cc(Br)cc(NCc2ccc(C)c([N+](=O)[O-])c2)c1. The van der Waals surface area contributed by atoms with Crippen LogP contribution in [-0.2, 0) is 6.54 Å². The van der Waals surface area contributed by atoms with Crippen molar-refractivity contribution < 1.29 is 4.92 Å². The third-order valence-electron chi connectivity index (χ3n) is 3.01. The van der Waals surface area contributed by atoms with Crippen molar-refractivity contribution >= 4 is 27.3 Å². The number of hydrogen-bond donors (Lipinski definition) is 1. The maximum absolute atomic E-state index is 10.9. The van der Waals surface area contributed by atoms with Crippen LogP contribution >= 0.6 is 15.9 Å². The van der Waals surface area contributed by atoms with Crippen molar-refractivity contribution in [1.29, 1.82) is 0 Å². The van der Waals surface area contributed by atoms with Crippen molar-refractivity contribution in [2.24, 2.45) is 0 Å². The van der Waals surface area contributed by atoms with E-state index in [2.05, 4.69) is 21.2 Å². The Morgan fingerprint density at radius 2 is 1.95 bits per heavy atom. The van der Waals surface area contributed by atoms with E-state index in [9.17, 15) is 10.1 Å². The molecule has 5 heteroatoms. The highest BCUT2D eigenvalue weighted by atomic mass is 79.9. The number of nitro benzene ring substituents is 1. The Labute approximate surface area is 126 Å². The van der Waals surface area contributed by atoms with Crippen LogP contribution in [-0.4, -0.2) is 4.92 Å². The molecular formula is C15H15BrN2O2. The van der Waals surface area contributed by atoms with Crippen molar-refractivity contribution in [1.82, 2.24) is 0 Å². The summed E-state index contributed by atoms with van der Waals surface area (Å²) in [6.07, 6.45) is 0. The fraction of sp³-hybridized carbons (Fsp3) is 0.200. The number of halogens is 1. The summed E-state index contributed by atoms with van der Waals surface area (Å²) in [5, 5.41) is 14.2. The number of nitro groups is 1. The number of aryl methyl sites for hydroxylation is 2. The predicted octanol–water partition coefficient (Wildman–Crippen LogP) is 4.59. The summed E-state index contributed by atoms with van der Waals surface area (Å²) < 4.78 is 1.01. The quantitative estimate of drug-likeness (QED) is 0.657. The second-order valence-corrected chi connectivity index (χ2v) is 5.66. The van der Waals surface area contributed by atoms with Crippen molar-refractivity contribution in [2.45, 2.75) is 20.4 Å². The number of nitrogens with zero attached hydrogens (tertiary/aromatic N) is 1. The summed E-state index contributed by atoms with van der Waals surface area (Å²) in [6.45, 7) is 4.32. The van der Waals surface area contributed by atoms with Gasteiger partial charge in [0, 0.05) is 28.3 Å². The number of rotatable bonds is 4. The second kappa shape index (κ2) is 6.05. The maximum Gasteiger partial charge on any atom is 0.272 e. The van der Waals surface area contributed by atoms with Gasteiger partial charge in [0.25, 0.3) is 5.69 Å². The van der Waals surface area contributed by atoms with Crippen molar-refractivity contribution in [3.63, 3.8) is 0 Å². The molecule has 0 radical (unpaired) electrons. The third kappa shape index (κ3) is 3.57. The monoisotopic (exact) mass is 334 g/mol. The molecule has 0 atom stereocenters. The molecular weight excluding hydrogens is 320 g/mol. The molecule has 0 bridgehead atoms. The molecule has 4 nitrogen and oxygen atoms in total. The van der Waals surface area contributed by atoms with E-state index in [4.69, 9.17) is 0 Å². The highest BCUT2D eigenvalue weighted by molar-refractivity contribution is 9.10. The van der Waals surface area contributed by atoms with Crippen LogP contribution in [0.5, 0.6) is 0 Å². The van der Waals surface area contributed by atoms with Gasteiger partial charge < -0.3 is 5.32 Å². The Morgan fingerprint density at radius 1 is 1.20 bits per heavy atom. The van der Waals surface area contributed by atoms with Crippen LogP contribution in [0, 0.1) is 24.0 Å². The zero-order chi connectivity index (χ0) is 14.7. The summed E-state index contributed by atoms with van der Waals surface area (Å²) in [6, 6.07) is 11.3. The largest absolute Gasteiger partial charge is 0.381 e. The molecule has 20 heavy (non-hydrogen) atoms. The molecule has 0 saturated carbocycles. The van der Waals surface area contributed by atoms with E-state index in [0.717, 1.165) is 21.3 Å². The van der Waals surface area contributed by atoms with Gasteiger partial charge in [-0.05, 0) is 43.2 Å². The molecule has 0 aliphatic rings.